The fourth-order valence-electron chi connectivity index (χ4n) is 3.94. The Morgan fingerprint density at radius 1 is 1.24 bits per heavy atom. The molecule has 2 aliphatic heterocycles. The Bertz CT molecular complexity index is 1230. The van der Waals surface area contributed by atoms with Crippen LogP contribution in [0.4, 0.5) is 0 Å². The SMILES string of the molecule is CCCCCC1=NN2C(=N)/C(=C/c3cc(C)n(-c4ccc(OC)c(Cl)c4)c3C)C(=O)N=C2S1. The Kier molecular flexibility index (Phi) is 6.76. The summed E-state index contributed by atoms with van der Waals surface area (Å²) < 4.78 is 7.31. The number of rotatable bonds is 7. The van der Waals surface area contributed by atoms with E-state index in [1.54, 1.807) is 13.2 Å². The first-order valence-corrected chi connectivity index (χ1v) is 12.1. The average molecular weight is 484 g/mol. The highest BCUT2D eigenvalue weighted by atomic mass is 35.5. The molecule has 1 N–H and O–H groups in total. The highest BCUT2D eigenvalue weighted by Gasteiger charge is 2.35. The standard InChI is InChI=1S/C24H26ClN5O2S/c1-5-6-7-8-21-28-30-22(26)18(23(31)27-24(30)33-21)12-16-11-14(2)29(15(16)3)17-9-10-20(32-4)19(25)13-17/h9-13,26H,5-8H2,1-4H3/b18-12-,26-22?. The molecular weight excluding hydrogens is 458 g/mol. The van der Waals surface area contributed by atoms with Crippen LogP contribution in [0.5, 0.6) is 5.75 Å². The second-order valence-electron chi connectivity index (χ2n) is 7.95. The van der Waals surface area contributed by atoms with Gasteiger partial charge in [0.05, 0.1) is 17.7 Å². The molecule has 0 fully saturated rings. The lowest BCUT2D eigenvalue weighted by Crippen LogP contribution is -2.35. The van der Waals surface area contributed by atoms with Gasteiger partial charge < -0.3 is 9.30 Å². The van der Waals surface area contributed by atoms with Crippen molar-refractivity contribution in [3.8, 4) is 11.4 Å². The van der Waals surface area contributed by atoms with Crippen LogP contribution in [-0.2, 0) is 4.79 Å². The van der Waals surface area contributed by atoms with E-state index in [1.807, 2.05) is 38.1 Å². The topological polar surface area (TPSA) is 83.0 Å². The van der Waals surface area contributed by atoms with Crippen molar-refractivity contribution in [2.24, 2.45) is 10.1 Å². The van der Waals surface area contributed by atoms with E-state index < -0.39 is 5.91 Å². The number of benzene rings is 1. The van der Waals surface area contributed by atoms with E-state index >= 15 is 0 Å². The number of hydrazone groups is 1. The van der Waals surface area contributed by atoms with Crippen LogP contribution < -0.4 is 4.74 Å². The van der Waals surface area contributed by atoms with E-state index in [2.05, 4.69) is 21.6 Å². The average Bonchev–Trinajstić information content (AvgIpc) is 3.31. The number of nitrogens with zero attached hydrogens (tertiary/aromatic N) is 4. The molecule has 2 aliphatic rings. The number of methoxy groups -OCH3 is 1. The highest BCUT2D eigenvalue weighted by molar-refractivity contribution is 8.26. The maximum absolute atomic E-state index is 12.8. The molecule has 0 atom stereocenters. The number of fused-ring (bicyclic) bond motifs is 1. The van der Waals surface area contributed by atoms with Gasteiger partial charge >= 0.3 is 0 Å². The summed E-state index contributed by atoms with van der Waals surface area (Å²) in [6.45, 7) is 6.11. The van der Waals surface area contributed by atoms with E-state index in [0.29, 0.717) is 15.9 Å². The normalized spacial score (nSPS) is 16.9. The zero-order chi connectivity index (χ0) is 23.7. The molecule has 0 spiro atoms. The molecule has 1 amide bonds. The van der Waals surface area contributed by atoms with Crippen LogP contribution in [0, 0.1) is 19.3 Å². The number of nitrogens with one attached hydrogen (secondary N) is 1. The van der Waals surface area contributed by atoms with Gasteiger partial charge in [0.25, 0.3) is 5.91 Å². The summed E-state index contributed by atoms with van der Waals surface area (Å²) in [5.41, 5.74) is 3.86. The quantitative estimate of drug-likeness (QED) is 0.389. The Morgan fingerprint density at radius 2 is 2.03 bits per heavy atom. The number of aliphatic imine (C=N–C) groups is 1. The van der Waals surface area contributed by atoms with Crippen molar-refractivity contribution >= 4 is 51.4 Å². The third-order valence-corrected chi connectivity index (χ3v) is 6.92. The molecule has 7 nitrogen and oxygen atoms in total. The van der Waals surface area contributed by atoms with Gasteiger partial charge in [0.15, 0.2) is 5.84 Å². The molecule has 4 rings (SSSR count). The number of amidine groups is 2. The molecule has 172 valence electrons. The van der Waals surface area contributed by atoms with E-state index in [1.165, 1.54) is 16.8 Å². The number of ether oxygens (including phenoxy) is 1. The molecule has 2 aromatic rings. The van der Waals surface area contributed by atoms with E-state index in [-0.39, 0.29) is 11.4 Å². The number of thioether (sulfide) groups is 1. The molecule has 1 aromatic carbocycles. The van der Waals surface area contributed by atoms with Crippen LogP contribution in [0.25, 0.3) is 11.8 Å². The Hall–Kier alpha value is -2.84. The van der Waals surface area contributed by atoms with Crippen molar-refractivity contribution in [2.45, 2.75) is 46.5 Å². The number of hydrogen-bond donors (Lipinski definition) is 1. The van der Waals surface area contributed by atoms with Gasteiger partial charge in [0.1, 0.15) is 10.8 Å². The molecule has 0 aliphatic carbocycles. The van der Waals surface area contributed by atoms with E-state index in [0.717, 1.165) is 53.4 Å². The fraction of sp³-hybridized carbons (Fsp3) is 0.333. The maximum Gasteiger partial charge on any atom is 0.283 e. The molecule has 0 saturated carbocycles. The molecule has 0 unspecified atom stereocenters. The smallest absolute Gasteiger partial charge is 0.283 e. The first kappa shape index (κ1) is 23.3. The Labute approximate surface area is 202 Å². The summed E-state index contributed by atoms with van der Waals surface area (Å²) in [6.07, 6.45) is 5.85. The minimum Gasteiger partial charge on any atom is -0.495 e. The number of carbonyl (C=O) groups is 1. The van der Waals surface area contributed by atoms with Gasteiger partial charge in [-0.1, -0.05) is 31.4 Å². The fourth-order valence-corrected chi connectivity index (χ4v) is 5.12. The predicted molar refractivity (Wildman–Crippen MR) is 136 cm³/mol. The lowest BCUT2D eigenvalue weighted by molar-refractivity contribution is -0.114. The second-order valence-corrected chi connectivity index (χ2v) is 9.40. The minimum absolute atomic E-state index is 0.0558. The van der Waals surface area contributed by atoms with Crippen LogP contribution in [0.2, 0.25) is 5.02 Å². The number of hydrogen-bond acceptors (Lipinski definition) is 5. The summed E-state index contributed by atoms with van der Waals surface area (Å²) in [5.74, 6) is 0.250. The number of carbonyl (C=O) groups excluding carboxylic acids is 1. The summed E-state index contributed by atoms with van der Waals surface area (Å²) in [4.78, 5) is 17.0. The zero-order valence-corrected chi connectivity index (χ0v) is 20.7. The van der Waals surface area contributed by atoms with E-state index in [4.69, 9.17) is 21.7 Å². The van der Waals surface area contributed by atoms with Crippen LogP contribution in [0.1, 0.15) is 49.6 Å². The van der Waals surface area contributed by atoms with Crippen molar-refractivity contribution in [3.05, 3.63) is 51.8 Å². The molecule has 33 heavy (non-hydrogen) atoms. The van der Waals surface area contributed by atoms with Crippen LogP contribution in [0.15, 0.2) is 39.9 Å². The second kappa shape index (κ2) is 9.57. The minimum atomic E-state index is -0.416. The molecule has 0 saturated heterocycles. The number of halogens is 1. The van der Waals surface area contributed by atoms with Crippen molar-refractivity contribution in [1.29, 1.82) is 5.41 Å². The van der Waals surface area contributed by atoms with Crippen LogP contribution >= 0.6 is 23.4 Å². The summed E-state index contributed by atoms with van der Waals surface area (Å²) in [7, 11) is 1.58. The molecule has 3 heterocycles. The molecule has 0 bridgehead atoms. The molecule has 9 heteroatoms. The number of aryl methyl sites for hydroxylation is 1. The van der Waals surface area contributed by atoms with Crippen LogP contribution in [-0.4, -0.2) is 38.6 Å². The highest BCUT2D eigenvalue weighted by Crippen LogP contribution is 2.32. The zero-order valence-electron chi connectivity index (χ0n) is 19.1. The monoisotopic (exact) mass is 483 g/mol. The summed E-state index contributed by atoms with van der Waals surface area (Å²) in [5, 5.41) is 16.5. The van der Waals surface area contributed by atoms with Gasteiger partial charge in [-0.3, -0.25) is 10.2 Å². The summed E-state index contributed by atoms with van der Waals surface area (Å²) >= 11 is 7.71. The van der Waals surface area contributed by atoms with Crippen molar-refractivity contribution in [2.75, 3.05) is 7.11 Å². The van der Waals surface area contributed by atoms with Crippen molar-refractivity contribution < 1.29 is 9.53 Å². The summed E-state index contributed by atoms with van der Waals surface area (Å²) in [6, 6.07) is 7.59. The lowest BCUT2D eigenvalue weighted by Gasteiger charge is -2.20. The first-order chi connectivity index (χ1) is 15.8. The van der Waals surface area contributed by atoms with Gasteiger partial charge in [0, 0.05) is 17.1 Å². The number of aromatic nitrogens is 1. The Morgan fingerprint density at radius 3 is 2.73 bits per heavy atom. The molecule has 0 radical (unpaired) electrons. The van der Waals surface area contributed by atoms with Crippen LogP contribution in [0.3, 0.4) is 0 Å². The third kappa shape index (κ3) is 4.50. The number of unbranched alkanes of at least 4 members (excludes halogenated alkanes) is 2. The van der Waals surface area contributed by atoms with Crippen molar-refractivity contribution in [1.82, 2.24) is 9.58 Å². The largest absolute Gasteiger partial charge is 0.495 e. The molecule has 1 aromatic heterocycles. The third-order valence-electron chi connectivity index (χ3n) is 5.65. The van der Waals surface area contributed by atoms with Gasteiger partial charge in [-0.05, 0) is 74.4 Å². The molecular formula is C24H26ClN5O2S. The Balaban J connectivity index is 1.65. The first-order valence-electron chi connectivity index (χ1n) is 10.9. The predicted octanol–water partition coefficient (Wildman–Crippen LogP) is 5.96. The van der Waals surface area contributed by atoms with Gasteiger partial charge in [-0.15, -0.1) is 0 Å². The maximum atomic E-state index is 12.8. The van der Waals surface area contributed by atoms with Gasteiger partial charge in [-0.25, -0.2) is 0 Å². The lowest BCUT2D eigenvalue weighted by atomic mass is 10.1. The number of amides is 1. The van der Waals surface area contributed by atoms with E-state index in [9.17, 15) is 4.79 Å². The van der Waals surface area contributed by atoms with Crippen molar-refractivity contribution in [3.63, 3.8) is 0 Å². The van der Waals surface area contributed by atoms with Gasteiger partial charge in [-0.2, -0.15) is 15.1 Å². The van der Waals surface area contributed by atoms with Gasteiger partial charge in [0.2, 0.25) is 5.17 Å².